The first-order valence-electron chi connectivity index (χ1n) is 7.22. The number of rotatable bonds is 5. The van der Waals surface area contributed by atoms with Crippen molar-refractivity contribution >= 4 is 16.0 Å². The number of carbonyl (C=O) groups is 1. The van der Waals surface area contributed by atoms with Crippen LogP contribution in [0.15, 0.2) is 23.1 Å². The lowest BCUT2D eigenvalue weighted by atomic mass is 9.83. The first-order valence-corrected chi connectivity index (χ1v) is 8.70. The Kier molecular flexibility index (Phi) is 5.00. The SMILES string of the molecule is Cc1ccc(S(=O)(=O)NCC(=O)O)c(C2CCCCC2)c1. The minimum Gasteiger partial charge on any atom is -0.480 e. The molecule has 2 N–H and O–H groups in total. The van der Waals surface area contributed by atoms with Crippen LogP contribution in [0.2, 0.25) is 0 Å². The number of hydrogen-bond donors (Lipinski definition) is 2. The second-order valence-corrected chi connectivity index (χ2v) is 7.33. The van der Waals surface area contributed by atoms with Gasteiger partial charge in [0, 0.05) is 0 Å². The molecule has 5 nitrogen and oxygen atoms in total. The van der Waals surface area contributed by atoms with Gasteiger partial charge in [0.15, 0.2) is 0 Å². The molecular weight excluding hydrogens is 290 g/mol. The van der Waals surface area contributed by atoms with Crippen molar-refractivity contribution in [2.24, 2.45) is 0 Å². The van der Waals surface area contributed by atoms with Gasteiger partial charge < -0.3 is 5.11 Å². The molecule has 2 rings (SSSR count). The number of aliphatic carboxylic acids is 1. The molecule has 0 aliphatic heterocycles. The summed E-state index contributed by atoms with van der Waals surface area (Å²) in [5.41, 5.74) is 1.85. The van der Waals surface area contributed by atoms with Crippen LogP contribution in [0.25, 0.3) is 0 Å². The maximum Gasteiger partial charge on any atom is 0.318 e. The second kappa shape index (κ2) is 6.58. The van der Waals surface area contributed by atoms with E-state index in [1.54, 1.807) is 12.1 Å². The van der Waals surface area contributed by atoms with Gasteiger partial charge in [-0.1, -0.05) is 37.0 Å². The summed E-state index contributed by atoms with van der Waals surface area (Å²) in [6, 6.07) is 5.26. The summed E-state index contributed by atoms with van der Waals surface area (Å²) in [5, 5.41) is 8.66. The fourth-order valence-corrected chi connectivity index (χ4v) is 4.13. The highest BCUT2D eigenvalue weighted by Crippen LogP contribution is 2.36. The van der Waals surface area contributed by atoms with E-state index >= 15 is 0 Å². The monoisotopic (exact) mass is 311 g/mol. The van der Waals surface area contributed by atoms with Crippen molar-refractivity contribution in [3.63, 3.8) is 0 Å². The van der Waals surface area contributed by atoms with Gasteiger partial charge >= 0.3 is 5.97 Å². The van der Waals surface area contributed by atoms with Gasteiger partial charge in [0.1, 0.15) is 6.54 Å². The van der Waals surface area contributed by atoms with Gasteiger partial charge in [0.25, 0.3) is 0 Å². The van der Waals surface area contributed by atoms with Crippen molar-refractivity contribution in [3.05, 3.63) is 29.3 Å². The molecule has 0 atom stereocenters. The van der Waals surface area contributed by atoms with Gasteiger partial charge in [0.05, 0.1) is 4.90 Å². The van der Waals surface area contributed by atoms with Gasteiger partial charge in [-0.2, -0.15) is 4.72 Å². The standard InChI is InChI=1S/C15H21NO4S/c1-11-7-8-14(21(19,20)16-10-15(17)18)13(9-11)12-5-3-2-4-6-12/h7-9,12,16H,2-6,10H2,1H3,(H,17,18). The van der Waals surface area contributed by atoms with Crippen molar-refractivity contribution in [1.29, 1.82) is 0 Å². The Hall–Kier alpha value is -1.40. The zero-order valence-electron chi connectivity index (χ0n) is 12.1. The third kappa shape index (κ3) is 4.04. The molecule has 1 saturated carbocycles. The molecule has 1 aromatic carbocycles. The Labute approximate surface area is 125 Å². The van der Waals surface area contributed by atoms with Crippen LogP contribution in [0, 0.1) is 6.92 Å². The van der Waals surface area contributed by atoms with Crippen molar-refractivity contribution < 1.29 is 18.3 Å². The Balaban J connectivity index is 2.36. The van der Waals surface area contributed by atoms with Gasteiger partial charge in [-0.05, 0) is 37.3 Å². The summed E-state index contributed by atoms with van der Waals surface area (Å²) >= 11 is 0. The Morgan fingerprint density at radius 3 is 2.57 bits per heavy atom. The van der Waals surface area contributed by atoms with Crippen LogP contribution in [0.4, 0.5) is 0 Å². The fourth-order valence-electron chi connectivity index (χ4n) is 2.88. The highest BCUT2D eigenvalue weighted by atomic mass is 32.2. The summed E-state index contributed by atoms with van der Waals surface area (Å²) in [6.07, 6.45) is 5.40. The predicted octanol–water partition coefficient (Wildman–Crippen LogP) is 2.41. The smallest absolute Gasteiger partial charge is 0.318 e. The largest absolute Gasteiger partial charge is 0.480 e. The zero-order valence-corrected chi connectivity index (χ0v) is 12.9. The molecule has 0 heterocycles. The Morgan fingerprint density at radius 2 is 1.95 bits per heavy atom. The van der Waals surface area contributed by atoms with E-state index in [4.69, 9.17) is 5.11 Å². The lowest BCUT2D eigenvalue weighted by Gasteiger charge is -2.24. The average molecular weight is 311 g/mol. The Bertz CT molecular complexity index is 619. The van der Waals surface area contributed by atoms with Crippen LogP contribution >= 0.6 is 0 Å². The number of hydrogen-bond acceptors (Lipinski definition) is 3. The summed E-state index contributed by atoms with van der Waals surface area (Å²) in [5.74, 6) is -0.944. The van der Waals surface area contributed by atoms with E-state index < -0.39 is 22.5 Å². The number of nitrogens with one attached hydrogen (secondary N) is 1. The van der Waals surface area contributed by atoms with Gasteiger partial charge in [-0.3, -0.25) is 4.79 Å². The first-order chi connectivity index (χ1) is 9.90. The van der Waals surface area contributed by atoms with Gasteiger partial charge in [-0.25, -0.2) is 8.42 Å². The van der Waals surface area contributed by atoms with Crippen LogP contribution < -0.4 is 4.72 Å². The summed E-state index contributed by atoms with van der Waals surface area (Å²) in [4.78, 5) is 10.8. The quantitative estimate of drug-likeness (QED) is 0.874. The van der Waals surface area contributed by atoms with E-state index in [1.165, 1.54) is 6.42 Å². The molecule has 1 aromatic rings. The third-order valence-electron chi connectivity index (χ3n) is 3.91. The van der Waals surface area contributed by atoms with Crippen molar-refractivity contribution in [2.75, 3.05) is 6.54 Å². The number of sulfonamides is 1. The normalized spacial score (nSPS) is 16.8. The zero-order chi connectivity index (χ0) is 15.5. The summed E-state index contributed by atoms with van der Waals surface area (Å²) in [6.45, 7) is 1.34. The van der Waals surface area contributed by atoms with Crippen LogP contribution in [-0.2, 0) is 14.8 Å². The lowest BCUT2D eigenvalue weighted by Crippen LogP contribution is -2.30. The fraction of sp³-hybridized carbons (Fsp3) is 0.533. The van der Waals surface area contributed by atoms with E-state index in [1.807, 2.05) is 13.0 Å². The van der Waals surface area contributed by atoms with Gasteiger partial charge in [0.2, 0.25) is 10.0 Å². The molecule has 0 radical (unpaired) electrons. The second-order valence-electron chi connectivity index (χ2n) is 5.59. The van der Waals surface area contributed by atoms with Crippen LogP contribution in [0.3, 0.4) is 0 Å². The van der Waals surface area contributed by atoms with Crippen LogP contribution in [0.1, 0.15) is 49.1 Å². The molecule has 1 fully saturated rings. The minimum absolute atomic E-state index is 0.223. The molecule has 0 saturated heterocycles. The van der Waals surface area contributed by atoms with E-state index in [2.05, 4.69) is 4.72 Å². The maximum absolute atomic E-state index is 12.3. The summed E-state index contributed by atoms with van der Waals surface area (Å²) < 4.78 is 26.8. The average Bonchev–Trinajstić information content (AvgIpc) is 2.46. The number of carboxylic acids is 1. The number of benzene rings is 1. The predicted molar refractivity (Wildman–Crippen MR) is 79.8 cm³/mol. The third-order valence-corrected chi connectivity index (χ3v) is 5.39. The maximum atomic E-state index is 12.3. The minimum atomic E-state index is -3.78. The van der Waals surface area contributed by atoms with Crippen LogP contribution in [-0.4, -0.2) is 26.0 Å². The van der Waals surface area contributed by atoms with Crippen molar-refractivity contribution in [3.8, 4) is 0 Å². The molecule has 1 aliphatic carbocycles. The van der Waals surface area contributed by atoms with Crippen molar-refractivity contribution in [2.45, 2.75) is 49.8 Å². The Morgan fingerprint density at radius 1 is 1.29 bits per heavy atom. The van der Waals surface area contributed by atoms with Crippen LogP contribution in [0.5, 0.6) is 0 Å². The molecule has 0 unspecified atom stereocenters. The molecule has 116 valence electrons. The van der Waals surface area contributed by atoms with Gasteiger partial charge in [-0.15, -0.1) is 0 Å². The molecule has 0 amide bonds. The summed E-state index contributed by atoms with van der Waals surface area (Å²) in [7, 11) is -3.78. The van der Waals surface area contributed by atoms with Crippen molar-refractivity contribution in [1.82, 2.24) is 4.72 Å². The molecule has 21 heavy (non-hydrogen) atoms. The van der Waals surface area contributed by atoms with E-state index in [0.717, 1.165) is 36.8 Å². The molecule has 0 aromatic heterocycles. The number of aryl methyl sites for hydroxylation is 1. The van der Waals surface area contributed by atoms with E-state index in [0.29, 0.717) is 0 Å². The lowest BCUT2D eigenvalue weighted by molar-refractivity contribution is -0.135. The molecule has 0 bridgehead atoms. The first kappa shape index (κ1) is 16.0. The topological polar surface area (TPSA) is 83.5 Å². The molecule has 0 spiro atoms. The molecular formula is C15H21NO4S. The van der Waals surface area contributed by atoms with E-state index in [9.17, 15) is 13.2 Å². The van der Waals surface area contributed by atoms with E-state index in [-0.39, 0.29) is 10.8 Å². The molecule has 6 heteroatoms. The highest BCUT2D eigenvalue weighted by Gasteiger charge is 2.25. The highest BCUT2D eigenvalue weighted by molar-refractivity contribution is 7.89. The molecule has 1 aliphatic rings. The number of carboxylic acid groups (broad SMARTS) is 1.